The van der Waals surface area contributed by atoms with Crippen molar-refractivity contribution in [3.05, 3.63) is 145 Å². The van der Waals surface area contributed by atoms with Crippen LogP contribution >= 0.6 is 0 Å². The van der Waals surface area contributed by atoms with Crippen LogP contribution in [0.25, 0.3) is 44.5 Å². The average molecular weight is 545 g/mol. The molecule has 0 atom stereocenters. The zero-order valence-electron chi connectivity index (χ0n) is 24.3. The average Bonchev–Trinajstić information content (AvgIpc) is 3.04. The Morgan fingerprint density at radius 3 is 0.714 bits per heavy atom. The topological polar surface area (TPSA) is 51.6 Å². The first-order chi connectivity index (χ1) is 20.4. The predicted octanol–water partition coefficient (Wildman–Crippen LogP) is 8.90. The fourth-order valence-electron chi connectivity index (χ4n) is 6.64. The van der Waals surface area contributed by atoms with Gasteiger partial charge in [-0.25, -0.2) is 0 Å². The van der Waals surface area contributed by atoms with Gasteiger partial charge in [0, 0.05) is 60.4 Å². The Bertz CT molecular complexity index is 1620. The minimum atomic E-state index is -0.239. The lowest BCUT2D eigenvalue weighted by Gasteiger charge is -2.45. The number of hydrogen-bond donors (Lipinski definition) is 0. The molecular formula is C38H32N4. The molecule has 0 unspecified atom stereocenters. The van der Waals surface area contributed by atoms with Gasteiger partial charge in [-0.15, -0.1) is 0 Å². The maximum Gasteiger partial charge on any atom is 0.0273 e. The van der Waals surface area contributed by atoms with Gasteiger partial charge in [0.05, 0.1) is 0 Å². The van der Waals surface area contributed by atoms with E-state index in [4.69, 9.17) is 0 Å². The summed E-state index contributed by atoms with van der Waals surface area (Å²) in [6, 6.07) is 26.5. The maximum atomic E-state index is 4.30. The van der Waals surface area contributed by atoms with E-state index in [2.05, 4.69) is 120 Å². The third-order valence-electron chi connectivity index (χ3n) is 8.97. The quantitative estimate of drug-likeness (QED) is 0.222. The standard InChI is InChI=1S/C38H32N4/c1-37(2)33-21-29(25-5-13-39-14-6-25)31(27-9-17-41-18-10-27)23-35(33)38(3,4)36-24-32(28-11-19-42-20-12-28)30(22-34(36)37)26-7-15-40-16-8-26/h5-24H,1-4H3. The zero-order chi connectivity index (χ0) is 28.9. The van der Waals surface area contributed by atoms with Crippen molar-refractivity contribution in [1.82, 2.24) is 19.9 Å². The number of aromatic nitrogens is 4. The summed E-state index contributed by atoms with van der Waals surface area (Å²) in [5, 5.41) is 0. The molecule has 2 aromatic carbocycles. The van der Waals surface area contributed by atoms with Crippen LogP contribution in [0.3, 0.4) is 0 Å². The monoisotopic (exact) mass is 544 g/mol. The highest BCUT2D eigenvalue weighted by Gasteiger charge is 2.43. The van der Waals surface area contributed by atoms with Crippen LogP contribution in [-0.2, 0) is 10.8 Å². The molecule has 0 fully saturated rings. The van der Waals surface area contributed by atoms with Crippen LogP contribution in [0.5, 0.6) is 0 Å². The molecule has 0 saturated carbocycles. The third-order valence-corrected chi connectivity index (χ3v) is 8.97. The summed E-state index contributed by atoms with van der Waals surface area (Å²) < 4.78 is 0. The normalized spacial score (nSPS) is 14.6. The Kier molecular flexibility index (Phi) is 6.09. The second-order valence-electron chi connectivity index (χ2n) is 12.1. The highest BCUT2D eigenvalue weighted by Crippen LogP contribution is 2.54. The van der Waals surface area contributed by atoms with Gasteiger partial charge < -0.3 is 0 Å². The van der Waals surface area contributed by atoms with Crippen LogP contribution in [-0.4, -0.2) is 19.9 Å². The molecule has 0 bridgehead atoms. The molecule has 4 heterocycles. The van der Waals surface area contributed by atoms with Crippen molar-refractivity contribution in [3.63, 3.8) is 0 Å². The smallest absolute Gasteiger partial charge is 0.0273 e. The van der Waals surface area contributed by atoms with E-state index < -0.39 is 0 Å². The molecular weight excluding hydrogens is 512 g/mol. The highest BCUT2D eigenvalue weighted by molar-refractivity contribution is 5.88. The van der Waals surface area contributed by atoms with Gasteiger partial charge >= 0.3 is 0 Å². The van der Waals surface area contributed by atoms with Gasteiger partial charge in [0.2, 0.25) is 0 Å². The Hall–Kier alpha value is -4.96. The molecule has 7 rings (SSSR count). The van der Waals surface area contributed by atoms with Crippen LogP contribution in [0.2, 0.25) is 0 Å². The lowest BCUT2D eigenvalue weighted by molar-refractivity contribution is 0.521. The lowest BCUT2D eigenvalue weighted by atomic mass is 9.58. The highest BCUT2D eigenvalue weighted by atomic mass is 14.6. The van der Waals surface area contributed by atoms with E-state index in [1.54, 1.807) is 0 Å². The van der Waals surface area contributed by atoms with Gasteiger partial charge in [-0.05, 0) is 140 Å². The summed E-state index contributed by atoms with van der Waals surface area (Å²) in [5.41, 5.74) is 14.4. The maximum absolute atomic E-state index is 4.30. The molecule has 6 aromatic rings. The van der Waals surface area contributed by atoms with E-state index in [1.165, 1.54) is 44.5 Å². The largest absolute Gasteiger partial charge is 0.265 e. The Labute approximate surface area is 247 Å². The Morgan fingerprint density at radius 1 is 0.333 bits per heavy atom. The lowest BCUT2D eigenvalue weighted by Crippen LogP contribution is -2.37. The van der Waals surface area contributed by atoms with Crippen molar-refractivity contribution in [2.75, 3.05) is 0 Å². The molecule has 0 saturated heterocycles. The van der Waals surface area contributed by atoms with E-state index in [0.717, 1.165) is 22.3 Å². The van der Waals surface area contributed by atoms with E-state index in [9.17, 15) is 0 Å². The summed E-state index contributed by atoms with van der Waals surface area (Å²) in [6.07, 6.45) is 15.0. The second-order valence-corrected chi connectivity index (χ2v) is 12.1. The van der Waals surface area contributed by atoms with Crippen molar-refractivity contribution in [1.29, 1.82) is 0 Å². The fraction of sp³-hybridized carbons (Fsp3) is 0.158. The molecule has 4 nitrogen and oxygen atoms in total. The number of hydrogen-bond acceptors (Lipinski definition) is 4. The van der Waals surface area contributed by atoms with Crippen LogP contribution in [0, 0.1) is 0 Å². The molecule has 42 heavy (non-hydrogen) atoms. The van der Waals surface area contributed by atoms with Gasteiger partial charge in [-0.1, -0.05) is 27.7 Å². The van der Waals surface area contributed by atoms with Crippen LogP contribution in [0.4, 0.5) is 0 Å². The molecule has 1 aliphatic rings. The molecule has 0 N–H and O–H groups in total. The predicted molar refractivity (Wildman–Crippen MR) is 170 cm³/mol. The van der Waals surface area contributed by atoms with Gasteiger partial charge in [0.15, 0.2) is 0 Å². The number of pyridine rings is 4. The van der Waals surface area contributed by atoms with E-state index >= 15 is 0 Å². The van der Waals surface area contributed by atoms with Crippen molar-refractivity contribution >= 4 is 0 Å². The number of nitrogens with zero attached hydrogens (tertiary/aromatic N) is 4. The van der Waals surface area contributed by atoms with E-state index in [1.807, 2.05) is 49.6 Å². The minimum Gasteiger partial charge on any atom is -0.265 e. The first kappa shape index (κ1) is 26.0. The molecule has 4 aromatic heterocycles. The number of fused-ring (bicyclic) bond motifs is 2. The number of benzene rings is 2. The van der Waals surface area contributed by atoms with Crippen molar-refractivity contribution in [2.45, 2.75) is 38.5 Å². The van der Waals surface area contributed by atoms with E-state index in [0.29, 0.717) is 0 Å². The minimum absolute atomic E-state index is 0.239. The molecule has 0 amide bonds. The van der Waals surface area contributed by atoms with Gasteiger partial charge in [0.25, 0.3) is 0 Å². The molecule has 4 heteroatoms. The molecule has 0 aliphatic heterocycles. The Morgan fingerprint density at radius 2 is 0.524 bits per heavy atom. The van der Waals surface area contributed by atoms with Gasteiger partial charge in [0.1, 0.15) is 0 Å². The summed E-state index contributed by atoms with van der Waals surface area (Å²) >= 11 is 0. The molecule has 0 radical (unpaired) electrons. The summed E-state index contributed by atoms with van der Waals surface area (Å²) in [6.45, 7) is 9.46. The summed E-state index contributed by atoms with van der Waals surface area (Å²) in [7, 11) is 0. The van der Waals surface area contributed by atoms with E-state index in [-0.39, 0.29) is 10.8 Å². The Balaban J connectivity index is 1.53. The van der Waals surface area contributed by atoms with Crippen LogP contribution in [0.15, 0.2) is 122 Å². The fourth-order valence-corrected chi connectivity index (χ4v) is 6.64. The third kappa shape index (κ3) is 4.14. The molecule has 0 spiro atoms. The van der Waals surface area contributed by atoms with Crippen molar-refractivity contribution in [2.24, 2.45) is 0 Å². The zero-order valence-corrected chi connectivity index (χ0v) is 24.3. The SMILES string of the molecule is CC1(C)c2cc(-c3ccncc3)c(-c3ccncc3)cc2C(C)(C)c2cc(-c3ccncc3)c(-c3ccncc3)cc21. The number of rotatable bonds is 4. The van der Waals surface area contributed by atoms with Crippen LogP contribution < -0.4 is 0 Å². The van der Waals surface area contributed by atoms with Gasteiger partial charge in [-0.3, -0.25) is 19.9 Å². The van der Waals surface area contributed by atoms with Gasteiger partial charge in [-0.2, -0.15) is 0 Å². The summed E-state index contributed by atoms with van der Waals surface area (Å²) in [4.78, 5) is 17.2. The molecule has 204 valence electrons. The van der Waals surface area contributed by atoms with Crippen LogP contribution in [0.1, 0.15) is 49.9 Å². The molecule has 1 aliphatic carbocycles. The van der Waals surface area contributed by atoms with Crippen molar-refractivity contribution in [3.8, 4) is 44.5 Å². The summed E-state index contributed by atoms with van der Waals surface area (Å²) in [5.74, 6) is 0. The van der Waals surface area contributed by atoms with Crippen molar-refractivity contribution < 1.29 is 0 Å². The second kappa shape index (κ2) is 9.85. The first-order valence-electron chi connectivity index (χ1n) is 14.4. The first-order valence-corrected chi connectivity index (χ1v) is 14.4.